The molecule has 0 saturated carbocycles. The van der Waals surface area contributed by atoms with E-state index in [-0.39, 0.29) is 6.10 Å². The van der Waals surface area contributed by atoms with Crippen molar-refractivity contribution < 1.29 is 9.84 Å². The van der Waals surface area contributed by atoms with Gasteiger partial charge in [0.1, 0.15) is 0 Å². The molecule has 0 amide bonds. The highest BCUT2D eigenvalue weighted by Gasteiger charge is 2.18. The predicted molar refractivity (Wildman–Crippen MR) is 169 cm³/mol. The Hall–Kier alpha value is -0.0800. The van der Waals surface area contributed by atoms with Gasteiger partial charge in [0, 0.05) is 6.61 Å². The minimum atomic E-state index is -0.0526. The van der Waals surface area contributed by atoms with E-state index < -0.39 is 0 Å². The molecule has 1 N–H and O–H groups in total. The molecule has 38 heavy (non-hydrogen) atoms. The number of unbranched alkanes of at least 4 members (excludes halogenated alkanes) is 22. The second-order valence-electron chi connectivity index (χ2n) is 12.9. The lowest BCUT2D eigenvalue weighted by molar-refractivity contribution is -0.0555. The minimum absolute atomic E-state index is 0.0526. The van der Waals surface area contributed by atoms with Gasteiger partial charge < -0.3 is 9.84 Å². The fourth-order valence-corrected chi connectivity index (χ4v) is 6.31. The first kappa shape index (κ1) is 35.9. The van der Waals surface area contributed by atoms with Crippen molar-refractivity contribution in [1.82, 2.24) is 0 Å². The summed E-state index contributed by atoms with van der Waals surface area (Å²) in [5.41, 5.74) is 0. The Balaban J connectivity index is 1.90. The van der Waals surface area contributed by atoms with Crippen LogP contribution < -0.4 is 0 Å². The van der Waals surface area contributed by atoms with Gasteiger partial charge in [0.05, 0.1) is 12.2 Å². The van der Waals surface area contributed by atoms with Gasteiger partial charge in [-0.05, 0) is 38.0 Å². The maximum absolute atomic E-state index is 10.9. The van der Waals surface area contributed by atoms with E-state index in [1.165, 1.54) is 186 Å². The van der Waals surface area contributed by atoms with Crippen molar-refractivity contribution in [2.75, 3.05) is 6.61 Å². The summed E-state index contributed by atoms with van der Waals surface area (Å²) in [5, 5.41) is 10.9. The average Bonchev–Trinajstić information content (AvgIpc) is 2.90. The van der Waals surface area contributed by atoms with Crippen molar-refractivity contribution in [3.63, 3.8) is 0 Å². The van der Waals surface area contributed by atoms with Crippen LogP contribution in [0, 0.1) is 5.92 Å². The van der Waals surface area contributed by atoms with Gasteiger partial charge in [0.2, 0.25) is 0 Å². The molecule has 0 spiro atoms. The smallest absolute Gasteiger partial charge is 0.0597 e. The Bertz CT molecular complexity index is 447. The highest BCUT2D eigenvalue weighted by Crippen LogP contribution is 2.25. The second kappa shape index (κ2) is 28.4. The molecule has 3 unspecified atom stereocenters. The maximum Gasteiger partial charge on any atom is 0.0597 e. The van der Waals surface area contributed by atoms with E-state index in [1.807, 2.05) is 0 Å². The molecule has 1 aliphatic rings. The number of rotatable bonds is 31. The summed E-state index contributed by atoms with van der Waals surface area (Å²) in [5.74, 6) is 0.551. The highest BCUT2D eigenvalue weighted by atomic mass is 16.5. The highest BCUT2D eigenvalue weighted by molar-refractivity contribution is 4.70. The van der Waals surface area contributed by atoms with Crippen LogP contribution in [0.4, 0.5) is 0 Å². The van der Waals surface area contributed by atoms with Gasteiger partial charge in [-0.25, -0.2) is 0 Å². The van der Waals surface area contributed by atoms with Crippen molar-refractivity contribution in [1.29, 1.82) is 0 Å². The number of aliphatic hydroxyl groups excluding tert-OH is 1. The third-order valence-corrected chi connectivity index (χ3v) is 9.22. The SMILES string of the molecule is CCCCCCCCCCCCCCCCCC(O)C(CCCC)CCCCCCCCCCC1CCO1. The van der Waals surface area contributed by atoms with E-state index >= 15 is 0 Å². The van der Waals surface area contributed by atoms with Crippen molar-refractivity contribution in [3.05, 3.63) is 0 Å². The second-order valence-corrected chi connectivity index (χ2v) is 12.9. The third kappa shape index (κ3) is 22.7. The predicted octanol–water partition coefficient (Wildman–Crippen LogP) is 12.1. The molecular formula is C36H72O2. The summed E-state index contributed by atoms with van der Waals surface area (Å²) in [4.78, 5) is 0. The van der Waals surface area contributed by atoms with Crippen LogP contribution in [0.15, 0.2) is 0 Å². The van der Waals surface area contributed by atoms with Crippen LogP contribution in [-0.4, -0.2) is 23.9 Å². The van der Waals surface area contributed by atoms with Crippen LogP contribution >= 0.6 is 0 Å². The number of hydrogen-bond acceptors (Lipinski definition) is 2. The molecule has 0 aromatic carbocycles. The van der Waals surface area contributed by atoms with E-state index in [1.54, 1.807) is 0 Å². The lowest BCUT2D eigenvalue weighted by atomic mass is 9.87. The van der Waals surface area contributed by atoms with Crippen molar-refractivity contribution >= 4 is 0 Å². The molecule has 0 radical (unpaired) electrons. The molecule has 0 bridgehead atoms. The first-order valence-corrected chi connectivity index (χ1v) is 18.1. The van der Waals surface area contributed by atoms with Gasteiger partial charge >= 0.3 is 0 Å². The van der Waals surface area contributed by atoms with Crippen LogP contribution in [0.2, 0.25) is 0 Å². The summed E-state index contributed by atoms with van der Waals surface area (Å²) in [6.07, 6.45) is 41.4. The van der Waals surface area contributed by atoms with E-state index in [0.717, 1.165) is 13.0 Å². The normalized spacial score (nSPS) is 17.0. The summed E-state index contributed by atoms with van der Waals surface area (Å²) < 4.78 is 5.51. The Labute approximate surface area is 240 Å². The van der Waals surface area contributed by atoms with Crippen LogP contribution in [0.1, 0.15) is 206 Å². The molecule has 1 aliphatic heterocycles. The fourth-order valence-electron chi connectivity index (χ4n) is 6.31. The molecule has 1 fully saturated rings. The summed E-state index contributed by atoms with van der Waals surface area (Å²) >= 11 is 0. The molecule has 0 aromatic rings. The van der Waals surface area contributed by atoms with Crippen molar-refractivity contribution in [2.45, 2.75) is 219 Å². The summed E-state index contributed by atoms with van der Waals surface area (Å²) in [7, 11) is 0. The summed E-state index contributed by atoms with van der Waals surface area (Å²) in [6.45, 7) is 5.59. The van der Waals surface area contributed by atoms with Crippen LogP contribution in [0.3, 0.4) is 0 Å². The van der Waals surface area contributed by atoms with Gasteiger partial charge in [0.15, 0.2) is 0 Å². The molecule has 1 heterocycles. The lowest BCUT2D eigenvalue weighted by Crippen LogP contribution is -2.26. The fraction of sp³-hybridized carbons (Fsp3) is 1.00. The van der Waals surface area contributed by atoms with Crippen LogP contribution in [-0.2, 0) is 4.74 Å². The van der Waals surface area contributed by atoms with E-state index in [2.05, 4.69) is 13.8 Å². The molecule has 0 aliphatic carbocycles. The zero-order valence-corrected chi connectivity index (χ0v) is 26.5. The first-order chi connectivity index (χ1) is 18.8. The maximum atomic E-state index is 10.9. The molecule has 2 nitrogen and oxygen atoms in total. The molecule has 228 valence electrons. The molecule has 3 atom stereocenters. The van der Waals surface area contributed by atoms with E-state index in [4.69, 9.17) is 4.74 Å². The van der Waals surface area contributed by atoms with E-state index in [9.17, 15) is 5.11 Å². The Morgan fingerprint density at radius 1 is 0.500 bits per heavy atom. The topological polar surface area (TPSA) is 29.5 Å². The Morgan fingerprint density at radius 2 is 0.868 bits per heavy atom. The number of aliphatic hydroxyl groups is 1. The zero-order chi connectivity index (χ0) is 27.4. The Kier molecular flexibility index (Phi) is 26.9. The van der Waals surface area contributed by atoms with E-state index in [0.29, 0.717) is 12.0 Å². The van der Waals surface area contributed by atoms with Gasteiger partial charge in [0.25, 0.3) is 0 Å². The van der Waals surface area contributed by atoms with Crippen LogP contribution in [0.5, 0.6) is 0 Å². The van der Waals surface area contributed by atoms with Gasteiger partial charge in [-0.2, -0.15) is 0 Å². The molecular weight excluding hydrogens is 464 g/mol. The average molecular weight is 537 g/mol. The Morgan fingerprint density at radius 3 is 1.29 bits per heavy atom. The van der Waals surface area contributed by atoms with Gasteiger partial charge in [-0.15, -0.1) is 0 Å². The van der Waals surface area contributed by atoms with Crippen LogP contribution in [0.25, 0.3) is 0 Å². The van der Waals surface area contributed by atoms with Gasteiger partial charge in [-0.3, -0.25) is 0 Å². The quantitative estimate of drug-likeness (QED) is 0.0892. The number of hydrogen-bond donors (Lipinski definition) is 1. The largest absolute Gasteiger partial charge is 0.393 e. The molecule has 2 heteroatoms. The minimum Gasteiger partial charge on any atom is -0.393 e. The van der Waals surface area contributed by atoms with Crippen molar-refractivity contribution in [3.8, 4) is 0 Å². The summed E-state index contributed by atoms with van der Waals surface area (Å²) in [6, 6.07) is 0. The third-order valence-electron chi connectivity index (χ3n) is 9.22. The zero-order valence-electron chi connectivity index (χ0n) is 26.5. The molecule has 1 rings (SSSR count). The number of ether oxygens (including phenoxy) is 1. The molecule has 0 aromatic heterocycles. The van der Waals surface area contributed by atoms with Gasteiger partial charge in [-0.1, -0.05) is 174 Å². The standard InChI is InChI=1S/C36H72O2/c1-3-5-7-8-9-10-11-12-13-14-15-16-21-24-27-31-36(37)34(28-6-4-2)29-25-22-19-17-18-20-23-26-30-35-32-33-38-35/h34-37H,3-33H2,1-2H3. The monoisotopic (exact) mass is 537 g/mol. The lowest BCUT2D eigenvalue weighted by Gasteiger charge is -2.26. The van der Waals surface area contributed by atoms with Crippen molar-refractivity contribution in [2.24, 2.45) is 5.92 Å². The molecule has 1 saturated heterocycles. The first-order valence-electron chi connectivity index (χ1n) is 18.1.